The summed E-state index contributed by atoms with van der Waals surface area (Å²) in [6.45, 7) is 10.1. The molecule has 2 aromatic carbocycles. The Labute approximate surface area is 162 Å². The van der Waals surface area contributed by atoms with Crippen molar-refractivity contribution < 1.29 is 14.3 Å². The van der Waals surface area contributed by atoms with Crippen LogP contribution in [0.4, 0.5) is 5.69 Å². The van der Waals surface area contributed by atoms with Crippen LogP contribution >= 0.6 is 0 Å². The molecule has 0 amide bonds. The van der Waals surface area contributed by atoms with Gasteiger partial charge in [0.05, 0.1) is 13.2 Å². The number of ether oxygens (including phenoxy) is 2. The number of methoxy groups -OCH3 is 1. The lowest BCUT2D eigenvalue weighted by Gasteiger charge is -2.39. The van der Waals surface area contributed by atoms with E-state index in [1.165, 1.54) is 0 Å². The molecule has 0 saturated carbocycles. The fourth-order valence-electron chi connectivity index (χ4n) is 3.21. The van der Waals surface area contributed by atoms with Gasteiger partial charge in [0, 0.05) is 5.69 Å². The van der Waals surface area contributed by atoms with Crippen LogP contribution in [-0.2, 0) is 15.1 Å². The molecule has 0 saturated heterocycles. The predicted molar refractivity (Wildman–Crippen MR) is 110 cm³/mol. The van der Waals surface area contributed by atoms with Gasteiger partial charge in [0.1, 0.15) is 5.75 Å². The Morgan fingerprint density at radius 3 is 2.07 bits per heavy atom. The van der Waals surface area contributed by atoms with Crippen LogP contribution in [-0.4, -0.2) is 19.2 Å². The number of hydrogen-bond acceptors (Lipinski definition) is 4. The Morgan fingerprint density at radius 1 is 1.00 bits per heavy atom. The van der Waals surface area contributed by atoms with Gasteiger partial charge in [-0.25, -0.2) is 4.79 Å². The lowest BCUT2D eigenvalue weighted by molar-refractivity contribution is -0.154. The Balaban J connectivity index is 2.56. The van der Waals surface area contributed by atoms with E-state index in [9.17, 15) is 4.79 Å². The van der Waals surface area contributed by atoms with Crippen LogP contribution in [0.15, 0.2) is 54.6 Å². The van der Waals surface area contributed by atoms with Crippen LogP contribution in [0.3, 0.4) is 0 Å². The minimum atomic E-state index is -0.988. The first-order chi connectivity index (χ1) is 12.7. The molecular formula is C23H31NO3. The van der Waals surface area contributed by atoms with Gasteiger partial charge in [0.15, 0.2) is 5.54 Å². The maximum Gasteiger partial charge on any atom is 0.336 e. The quantitative estimate of drug-likeness (QED) is 0.665. The van der Waals surface area contributed by atoms with Gasteiger partial charge in [0.2, 0.25) is 0 Å². The topological polar surface area (TPSA) is 47.6 Å². The lowest BCUT2D eigenvalue weighted by atomic mass is 9.75. The molecule has 0 aliphatic heterocycles. The summed E-state index contributed by atoms with van der Waals surface area (Å²) < 4.78 is 11.0. The number of anilines is 1. The van der Waals surface area contributed by atoms with E-state index in [2.05, 4.69) is 26.1 Å². The highest BCUT2D eigenvalue weighted by Gasteiger charge is 2.45. The fourth-order valence-corrected chi connectivity index (χ4v) is 3.21. The van der Waals surface area contributed by atoms with Gasteiger partial charge in [-0.1, -0.05) is 51.1 Å². The van der Waals surface area contributed by atoms with E-state index in [1.807, 2.05) is 68.4 Å². The summed E-state index contributed by atoms with van der Waals surface area (Å²) in [7, 11) is 1.64. The van der Waals surface area contributed by atoms with Crippen molar-refractivity contribution in [2.45, 2.75) is 52.7 Å². The molecule has 2 aromatic rings. The van der Waals surface area contributed by atoms with Crippen molar-refractivity contribution in [3.63, 3.8) is 0 Å². The zero-order chi connectivity index (χ0) is 20.1. The van der Waals surface area contributed by atoms with Gasteiger partial charge >= 0.3 is 5.97 Å². The minimum Gasteiger partial charge on any atom is -0.497 e. The average Bonchev–Trinajstić information content (AvgIpc) is 2.60. The van der Waals surface area contributed by atoms with Crippen LogP contribution in [0, 0.1) is 5.41 Å². The van der Waals surface area contributed by atoms with Gasteiger partial charge in [-0.2, -0.15) is 0 Å². The van der Waals surface area contributed by atoms with E-state index in [4.69, 9.17) is 9.47 Å². The molecule has 1 N–H and O–H groups in total. The summed E-state index contributed by atoms with van der Waals surface area (Å²) in [6, 6.07) is 17.4. The van der Waals surface area contributed by atoms with Crippen molar-refractivity contribution in [3.05, 3.63) is 60.2 Å². The molecule has 4 heteroatoms. The number of carbonyl (C=O) groups excluding carboxylic acids is 1. The number of nitrogens with one attached hydrogen (secondary N) is 1. The summed E-state index contributed by atoms with van der Waals surface area (Å²) >= 11 is 0. The SMILES string of the molecule is COc1ccc(N[C@](CC(C)(C)C)(C(=O)OC(C)C)c2ccccc2)cc1. The Bertz CT molecular complexity index is 732. The van der Waals surface area contributed by atoms with Gasteiger partial charge in [-0.3, -0.25) is 0 Å². The highest BCUT2D eigenvalue weighted by Crippen LogP contribution is 2.39. The predicted octanol–water partition coefficient (Wildman–Crippen LogP) is 5.39. The second-order valence-corrected chi connectivity index (χ2v) is 8.32. The highest BCUT2D eigenvalue weighted by atomic mass is 16.5. The molecule has 0 aromatic heterocycles. The first-order valence-corrected chi connectivity index (χ1v) is 9.35. The first-order valence-electron chi connectivity index (χ1n) is 9.35. The van der Waals surface area contributed by atoms with E-state index in [1.54, 1.807) is 7.11 Å². The molecule has 2 rings (SSSR count). The van der Waals surface area contributed by atoms with E-state index in [-0.39, 0.29) is 17.5 Å². The molecule has 4 nitrogen and oxygen atoms in total. The third-order valence-electron chi connectivity index (χ3n) is 4.20. The zero-order valence-electron chi connectivity index (χ0n) is 17.2. The third kappa shape index (κ3) is 5.49. The van der Waals surface area contributed by atoms with Gasteiger partial charge < -0.3 is 14.8 Å². The van der Waals surface area contributed by atoms with E-state index in [0.29, 0.717) is 6.42 Å². The minimum absolute atomic E-state index is 0.106. The normalized spacial score (nSPS) is 13.7. The number of rotatable bonds is 7. The molecule has 0 aliphatic carbocycles. The summed E-state index contributed by atoms with van der Waals surface area (Å²) in [4.78, 5) is 13.4. The van der Waals surface area contributed by atoms with E-state index in [0.717, 1.165) is 17.0 Å². The lowest BCUT2D eigenvalue weighted by Crippen LogP contribution is -2.48. The van der Waals surface area contributed by atoms with Crippen molar-refractivity contribution >= 4 is 11.7 Å². The van der Waals surface area contributed by atoms with Crippen molar-refractivity contribution in [3.8, 4) is 5.75 Å². The molecule has 0 unspecified atom stereocenters. The fraction of sp³-hybridized carbons (Fsp3) is 0.435. The first kappa shape index (κ1) is 20.8. The Morgan fingerprint density at radius 2 is 1.59 bits per heavy atom. The van der Waals surface area contributed by atoms with Gasteiger partial charge in [-0.05, 0) is 55.5 Å². The number of carbonyl (C=O) groups is 1. The smallest absolute Gasteiger partial charge is 0.336 e. The molecule has 0 fully saturated rings. The average molecular weight is 370 g/mol. The highest BCUT2D eigenvalue weighted by molar-refractivity contribution is 5.86. The Hall–Kier alpha value is -2.49. The van der Waals surface area contributed by atoms with Crippen molar-refractivity contribution in [2.24, 2.45) is 5.41 Å². The largest absolute Gasteiger partial charge is 0.497 e. The molecule has 0 radical (unpaired) electrons. The number of benzene rings is 2. The van der Waals surface area contributed by atoms with Crippen LogP contribution in [0.5, 0.6) is 5.75 Å². The van der Waals surface area contributed by atoms with Gasteiger partial charge in [-0.15, -0.1) is 0 Å². The van der Waals surface area contributed by atoms with Crippen LogP contribution in [0.1, 0.15) is 46.6 Å². The van der Waals surface area contributed by atoms with Crippen LogP contribution < -0.4 is 10.1 Å². The monoisotopic (exact) mass is 369 g/mol. The van der Waals surface area contributed by atoms with Gasteiger partial charge in [0.25, 0.3) is 0 Å². The summed E-state index contributed by atoms with van der Waals surface area (Å²) in [6.07, 6.45) is 0.389. The molecule has 0 aliphatic rings. The molecule has 0 bridgehead atoms. The van der Waals surface area contributed by atoms with Crippen molar-refractivity contribution in [2.75, 3.05) is 12.4 Å². The summed E-state index contributed by atoms with van der Waals surface area (Å²) in [5.74, 6) is 0.501. The standard InChI is InChI=1S/C23H31NO3/c1-17(2)27-21(25)23(16-22(3,4)5,18-10-8-7-9-11-18)24-19-12-14-20(26-6)15-13-19/h7-15,17,24H,16H2,1-6H3/t23-/m0/s1. The number of hydrogen-bond donors (Lipinski definition) is 1. The molecule has 146 valence electrons. The maximum atomic E-state index is 13.4. The van der Waals surface area contributed by atoms with Crippen molar-refractivity contribution in [1.29, 1.82) is 0 Å². The van der Waals surface area contributed by atoms with E-state index >= 15 is 0 Å². The molecule has 0 spiro atoms. The molecule has 27 heavy (non-hydrogen) atoms. The number of esters is 1. The molecule has 0 heterocycles. The second kappa shape index (κ2) is 8.47. The third-order valence-corrected chi connectivity index (χ3v) is 4.20. The second-order valence-electron chi connectivity index (χ2n) is 8.32. The zero-order valence-corrected chi connectivity index (χ0v) is 17.2. The maximum absolute atomic E-state index is 13.4. The molecular weight excluding hydrogens is 338 g/mol. The molecule has 1 atom stereocenters. The Kier molecular flexibility index (Phi) is 6.53. The van der Waals surface area contributed by atoms with E-state index < -0.39 is 5.54 Å². The van der Waals surface area contributed by atoms with Crippen LogP contribution in [0.25, 0.3) is 0 Å². The summed E-state index contributed by atoms with van der Waals surface area (Å²) in [5, 5.41) is 3.49. The van der Waals surface area contributed by atoms with Crippen molar-refractivity contribution in [1.82, 2.24) is 0 Å². The van der Waals surface area contributed by atoms with Crippen LogP contribution in [0.2, 0.25) is 0 Å². The summed E-state index contributed by atoms with van der Waals surface area (Å²) in [5.41, 5.74) is 0.634.